The topological polar surface area (TPSA) is 101 Å². The van der Waals surface area contributed by atoms with Gasteiger partial charge in [0.2, 0.25) is 5.91 Å². The predicted octanol–water partition coefficient (Wildman–Crippen LogP) is 2.85. The molecule has 1 aliphatic heterocycles. The van der Waals surface area contributed by atoms with Crippen molar-refractivity contribution in [3.63, 3.8) is 0 Å². The number of benzene rings is 2. The van der Waals surface area contributed by atoms with Crippen molar-refractivity contribution in [1.82, 2.24) is 13.7 Å². The van der Waals surface area contributed by atoms with Crippen LogP contribution in [0, 0.1) is 0 Å². The van der Waals surface area contributed by atoms with Crippen molar-refractivity contribution in [2.75, 3.05) is 11.9 Å². The van der Waals surface area contributed by atoms with E-state index < -0.39 is 28.4 Å². The smallest absolute Gasteiger partial charge is 0.269 e. The quantitative estimate of drug-likeness (QED) is 0.528. The van der Waals surface area contributed by atoms with E-state index in [9.17, 15) is 18.0 Å². The van der Waals surface area contributed by atoms with Crippen molar-refractivity contribution < 1.29 is 18.0 Å². The Morgan fingerprint density at radius 1 is 1.10 bits per heavy atom. The van der Waals surface area contributed by atoms with Crippen molar-refractivity contribution in [1.29, 1.82) is 0 Å². The number of amides is 2. The SMILES string of the molecule is O=C(CN1C(=O)c2ccccc2S1(=O)=O)Nc1ccc(-c2cn3ccsc3n2)cc1. The average molecular weight is 438 g/mol. The fourth-order valence-electron chi connectivity index (χ4n) is 3.31. The molecule has 8 nitrogen and oxygen atoms in total. The number of nitrogens with zero attached hydrogens (tertiary/aromatic N) is 3. The highest BCUT2D eigenvalue weighted by atomic mass is 32.2. The summed E-state index contributed by atoms with van der Waals surface area (Å²) >= 11 is 1.54. The largest absolute Gasteiger partial charge is 0.325 e. The van der Waals surface area contributed by atoms with Gasteiger partial charge in [-0.3, -0.25) is 14.0 Å². The highest BCUT2D eigenvalue weighted by molar-refractivity contribution is 7.90. The van der Waals surface area contributed by atoms with Gasteiger partial charge in [-0.25, -0.2) is 17.7 Å². The minimum Gasteiger partial charge on any atom is -0.325 e. The Balaban J connectivity index is 1.30. The minimum absolute atomic E-state index is 0.0767. The second kappa shape index (κ2) is 6.78. The van der Waals surface area contributed by atoms with Gasteiger partial charge in [0, 0.05) is 29.0 Å². The van der Waals surface area contributed by atoms with Crippen LogP contribution in [0.3, 0.4) is 0 Å². The van der Waals surface area contributed by atoms with E-state index in [-0.39, 0.29) is 10.5 Å². The Kier molecular flexibility index (Phi) is 4.19. The molecule has 0 radical (unpaired) electrons. The molecule has 0 fully saturated rings. The summed E-state index contributed by atoms with van der Waals surface area (Å²) < 4.78 is 27.6. The van der Waals surface area contributed by atoms with Crippen LogP contribution < -0.4 is 5.32 Å². The van der Waals surface area contributed by atoms with Crippen LogP contribution in [-0.2, 0) is 14.8 Å². The molecule has 5 rings (SSSR count). The Morgan fingerprint density at radius 2 is 1.87 bits per heavy atom. The van der Waals surface area contributed by atoms with Gasteiger partial charge in [0.15, 0.2) is 4.96 Å². The van der Waals surface area contributed by atoms with E-state index in [1.807, 2.05) is 34.3 Å². The van der Waals surface area contributed by atoms with E-state index in [2.05, 4.69) is 10.3 Å². The zero-order chi connectivity index (χ0) is 20.9. The summed E-state index contributed by atoms with van der Waals surface area (Å²) in [5, 5.41) is 4.59. The molecule has 0 bridgehead atoms. The Hall–Kier alpha value is -3.50. The summed E-state index contributed by atoms with van der Waals surface area (Å²) in [6, 6.07) is 13.0. The molecular weight excluding hydrogens is 424 g/mol. The van der Waals surface area contributed by atoms with Crippen LogP contribution in [0.1, 0.15) is 10.4 Å². The summed E-state index contributed by atoms with van der Waals surface area (Å²) in [5.41, 5.74) is 2.27. The van der Waals surface area contributed by atoms with Gasteiger partial charge < -0.3 is 5.32 Å². The summed E-state index contributed by atoms with van der Waals surface area (Å²) in [7, 11) is -4.02. The lowest BCUT2D eigenvalue weighted by atomic mass is 10.1. The number of hydrogen-bond donors (Lipinski definition) is 1. The van der Waals surface area contributed by atoms with Crippen molar-refractivity contribution in [3.8, 4) is 11.3 Å². The minimum atomic E-state index is -4.02. The van der Waals surface area contributed by atoms with Gasteiger partial charge in [-0.2, -0.15) is 0 Å². The Bertz CT molecular complexity index is 1380. The lowest BCUT2D eigenvalue weighted by Crippen LogP contribution is -2.37. The molecule has 3 heterocycles. The van der Waals surface area contributed by atoms with Gasteiger partial charge in [-0.1, -0.05) is 24.3 Å². The van der Waals surface area contributed by atoms with Gasteiger partial charge in [-0.05, 0) is 24.3 Å². The molecule has 0 aliphatic carbocycles. The molecular formula is C20H14N4O4S2. The molecule has 0 unspecified atom stereocenters. The number of carbonyl (C=O) groups is 2. The third-order valence-corrected chi connectivity index (χ3v) is 7.31. The van der Waals surface area contributed by atoms with Crippen LogP contribution in [0.4, 0.5) is 5.69 Å². The van der Waals surface area contributed by atoms with Gasteiger partial charge in [0.1, 0.15) is 11.4 Å². The number of hydrogen-bond acceptors (Lipinski definition) is 6. The summed E-state index contributed by atoms with van der Waals surface area (Å²) in [6.07, 6.45) is 3.85. The van der Waals surface area contributed by atoms with Crippen molar-refractivity contribution in [3.05, 3.63) is 71.9 Å². The second-order valence-electron chi connectivity index (χ2n) is 6.66. The first-order chi connectivity index (χ1) is 14.4. The maximum Gasteiger partial charge on any atom is 0.269 e. The van der Waals surface area contributed by atoms with Crippen LogP contribution in [0.5, 0.6) is 0 Å². The number of fused-ring (bicyclic) bond motifs is 2. The molecule has 1 aliphatic rings. The fraction of sp³-hybridized carbons (Fsp3) is 0.0500. The predicted molar refractivity (Wildman–Crippen MR) is 112 cm³/mol. The number of anilines is 1. The Labute approximate surface area is 175 Å². The second-order valence-corrected chi connectivity index (χ2v) is 9.36. The molecule has 4 aromatic rings. The number of nitrogens with one attached hydrogen (secondary N) is 1. The molecule has 30 heavy (non-hydrogen) atoms. The summed E-state index contributed by atoms with van der Waals surface area (Å²) in [6.45, 7) is -0.588. The van der Waals surface area contributed by atoms with E-state index in [1.54, 1.807) is 24.3 Å². The molecule has 10 heteroatoms. The first-order valence-electron chi connectivity index (χ1n) is 8.92. The first-order valence-corrected chi connectivity index (χ1v) is 11.2. The molecule has 0 atom stereocenters. The first kappa shape index (κ1) is 18.5. The van der Waals surface area contributed by atoms with Crippen LogP contribution >= 0.6 is 11.3 Å². The van der Waals surface area contributed by atoms with Crippen LogP contribution in [0.25, 0.3) is 16.2 Å². The number of rotatable bonds is 4. The molecule has 2 amide bonds. The molecule has 2 aromatic heterocycles. The number of aromatic nitrogens is 2. The van der Waals surface area contributed by atoms with Crippen molar-refractivity contribution in [2.45, 2.75) is 4.90 Å². The third-order valence-electron chi connectivity index (χ3n) is 4.76. The van der Waals surface area contributed by atoms with E-state index in [0.717, 1.165) is 16.2 Å². The number of thiazole rings is 1. The van der Waals surface area contributed by atoms with Gasteiger partial charge in [0.25, 0.3) is 15.9 Å². The van der Waals surface area contributed by atoms with E-state index >= 15 is 0 Å². The van der Waals surface area contributed by atoms with Gasteiger partial charge >= 0.3 is 0 Å². The molecule has 0 spiro atoms. The maximum absolute atomic E-state index is 12.6. The van der Waals surface area contributed by atoms with E-state index in [0.29, 0.717) is 9.99 Å². The summed E-state index contributed by atoms with van der Waals surface area (Å²) in [5.74, 6) is -1.30. The normalized spacial score (nSPS) is 14.8. The highest BCUT2D eigenvalue weighted by Gasteiger charge is 2.41. The number of carbonyl (C=O) groups excluding carboxylic acids is 2. The highest BCUT2D eigenvalue weighted by Crippen LogP contribution is 2.29. The van der Waals surface area contributed by atoms with Gasteiger partial charge in [0.05, 0.1) is 11.3 Å². The molecule has 0 saturated carbocycles. The maximum atomic E-state index is 12.6. The monoisotopic (exact) mass is 438 g/mol. The van der Waals surface area contributed by atoms with Crippen LogP contribution in [-0.4, -0.2) is 40.5 Å². The standard InChI is InChI=1S/C20H14N4O4S2/c25-18(12-24-19(26)15-3-1-2-4-17(15)30(24,27)28)21-14-7-5-13(6-8-14)16-11-23-9-10-29-20(23)22-16/h1-11H,12H2,(H,21,25). The van der Waals surface area contributed by atoms with Gasteiger partial charge in [-0.15, -0.1) is 11.3 Å². The molecule has 2 aromatic carbocycles. The van der Waals surface area contributed by atoms with E-state index in [1.165, 1.54) is 23.5 Å². The van der Waals surface area contributed by atoms with Crippen LogP contribution in [0.2, 0.25) is 0 Å². The fourth-order valence-corrected chi connectivity index (χ4v) is 5.53. The molecule has 150 valence electrons. The number of sulfonamides is 1. The third kappa shape index (κ3) is 2.97. The summed E-state index contributed by atoms with van der Waals surface area (Å²) in [4.78, 5) is 30.2. The Morgan fingerprint density at radius 3 is 2.60 bits per heavy atom. The lowest BCUT2D eigenvalue weighted by Gasteiger charge is -2.14. The average Bonchev–Trinajstić information content (AvgIpc) is 3.38. The van der Waals surface area contributed by atoms with Crippen molar-refractivity contribution in [2.24, 2.45) is 0 Å². The van der Waals surface area contributed by atoms with Crippen LogP contribution in [0.15, 0.2) is 71.2 Å². The zero-order valence-electron chi connectivity index (χ0n) is 15.3. The van der Waals surface area contributed by atoms with E-state index in [4.69, 9.17) is 0 Å². The lowest BCUT2D eigenvalue weighted by molar-refractivity contribution is -0.116. The molecule has 1 N–H and O–H groups in total. The zero-order valence-corrected chi connectivity index (χ0v) is 17.0. The molecule has 0 saturated heterocycles. The van der Waals surface area contributed by atoms with Crippen molar-refractivity contribution >= 4 is 43.8 Å². The number of imidazole rings is 1.